The van der Waals surface area contributed by atoms with Crippen molar-refractivity contribution in [2.75, 3.05) is 5.32 Å². The van der Waals surface area contributed by atoms with Crippen molar-refractivity contribution < 1.29 is 19.3 Å². The Hall–Kier alpha value is -3.75. The summed E-state index contributed by atoms with van der Waals surface area (Å²) in [5.74, 6) is -1.53. The van der Waals surface area contributed by atoms with Gasteiger partial charge in [-0.25, -0.2) is 0 Å². The number of hydrogen-bond acceptors (Lipinski definition) is 5. The van der Waals surface area contributed by atoms with E-state index in [2.05, 4.69) is 16.2 Å². The van der Waals surface area contributed by atoms with Crippen LogP contribution in [0.5, 0.6) is 0 Å². The number of rotatable bonds is 6. The van der Waals surface area contributed by atoms with Crippen molar-refractivity contribution >= 4 is 29.1 Å². The molecule has 140 valence electrons. The lowest BCUT2D eigenvalue weighted by Gasteiger charge is -2.09. The quantitative estimate of drug-likeness (QED) is 0.531. The molecule has 9 nitrogen and oxygen atoms in total. The van der Waals surface area contributed by atoms with E-state index in [1.165, 1.54) is 36.4 Å². The first kappa shape index (κ1) is 19.6. The van der Waals surface area contributed by atoms with Gasteiger partial charge in [0, 0.05) is 23.7 Å². The number of carbonyl (C=O) groups excluding carboxylic acids is 3. The van der Waals surface area contributed by atoms with Crippen molar-refractivity contribution in [1.29, 1.82) is 0 Å². The van der Waals surface area contributed by atoms with Gasteiger partial charge in [0.15, 0.2) is 0 Å². The largest absolute Gasteiger partial charge is 0.326 e. The summed E-state index contributed by atoms with van der Waals surface area (Å²) in [6.45, 7) is 1.89. The fourth-order valence-corrected chi connectivity index (χ4v) is 2.23. The van der Waals surface area contributed by atoms with Crippen LogP contribution in [0.3, 0.4) is 0 Å². The zero-order valence-electron chi connectivity index (χ0n) is 14.5. The van der Waals surface area contributed by atoms with Gasteiger partial charge < -0.3 is 5.32 Å². The zero-order chi connectivity index (χ0) is 19.8. The molecular formula is C18H18N4O5. The topological polar surface area (TPSA) is 130 Å². The molecule has 0 atom stereocenters. The molecule has 2 aromatic carbocycles. The number of para-hydroxylation sites is 1. The highest BCUT2D eigenvalue weighted by Gasteiger charge is 2.19. The van der Waals surface area contributed by atoms with E-state index in [4.69, 9.17) is 0 Å². The van der Waals surface area contributed by atoms with Gasteiger partial charge in [0.2, 0.25) is 5.91 Å². The molecular weight excluding hydrogens is 352 g/mol. The number of amides is 3. The second kappa shape index (κ2) is 9.09. The number of nitrogens with one attached hydrogen (secondary N) is 3. The lowest BCUT2D eigenvalue weighted by Crippen LogP contribution is -2.41. The summed E-state index contributed by atoms with van der Waals surface area (Å²) >= 11 is 0. The summed E-state index contributed by atoms with van der Waals surface area (Å²) in [5.41, 5.74) is 4.60. The van der Waals surface area contributed by atoms with Gasteiger partial charge in [-0.1, -0.05) is 19.1 Å². The summed E-state index contributed by atoms with van der Waals surface area (Å²) in [4.78, 5) is 46.0. The minimum absolute atomic E-state index is 0.119. The van der Waals surface area contributed by atoms with Crippen molar-refractivity contribution in [3.63, 3.8) is 0 Å². The fourth-order valence-electron chi connectivity index (χ4n) is 2.23. The molecule has 2 aromatic rings. The van der Waals surface area contributed by atoms with Crippen molar-refractivity contribution in [1.82, 2.24) is 10.9 Å². The Labute approximate surface area is 154 Å². The highest BCUT2D eigenvalue weighted by atomic mass is 16.6. The van der Waals surface area contributed by atoms with Gasteiger partial charge >= 0.3 is 0 Å². The predicted molar refractivity (Wildman–Crippen MR) is 98.0 cm³/mol. The van der Waals surface area contributed by atoms with E-state index in [9.17, 15) is 24.5 Å². The number of anilines is 1. The van der Waals surface area contributed by atoms with E-state index in [0.29, 0.717) is 12.1 Å². The number of nitro benzene ring substituents is 1. The Balaban J connectivity index is 1.97. The Morgan fingerprint density at radius 2 is 1.59 bits per heavy atom. The maximum Gasteiger partial charge on any atom is 0.282 e. The second-order valence-electron chi connectivity index (χ2n) is 5.56. The van der Waals surface area contributed by atoms with Crippen molar-refractivity contribution in [2.24, 2.45) is 0 Å². The zero-order valence-corrected chi connectivity index (χ0v) is 14.5. The first-order valence-corrected chi connectivity index (χ1v) is 8.16. The monoisotopic (exact) mass is 370 g/mol. The summed E-state index contributed by atoms with van der Waals surface area (Å²) in [5, 5.41) is 13.6. The molecule has 0 fully saturated rings. The highest BCUT2D eigenvalue weighted by Crippen LogP contribution is 2.17. The third kappa shape index (κ3) is 5.36. The van der Waals surface area contributed by atoms with Crippen LogP contribution < -0.4 is 16.2 Å². The fraction of sp³-hybridized carbons (Fsp3) is 0.167. The number of nitrogens with zero attached hydrogens (tertiary/aromatic N) is 1. The molecule has 0 saturated heterocycles. The Kier molecular flexibility index (Phi) is 6.59. The Bertz CT molecular complexity index is 864. The molecule has 3 N–H and O–H groups in total. The van der Waals surface area contributed by atoms with E-state index in [0.717, 1.165) is 6.42 Å². The molecule has 0 aromatic heterocycles. The molecule has 0 spiro atoms. The molecule has 0 bridgehead atoms. The number of benzene rings is 2. The van der Waals surface area contributed by atoms with E-state index < -0.39 is 16.7 Å². The number of carbonyl (C=O) groups is 3. The van der Waals surface area contributed by atoms with Gasteiger partial charge in [0.25, 0.3) is 17.5 Å². The van der Waals surface area contributed by atoms with Gasteiger partial charge in [-0.3, -0.25) is 35.3 Å². The van der Waals surface area contributed by atoms with Gasteiger partial charge in [-0.15, -0.1) is 0 Å². The SMILES string of the molecule is CCCC(=O)Nc1ccc(C(=O)NNC(=O)c2ccccc2[N+](=O)[O-])cc1. The highest BCUT2D eigenvalue weighted by molar-refractivity contribution is 6.01. The van der Waals surface area contributed by atoms with Crippen molar-refractivity contribution in [2.45, 2.75) is 19.8 Å². The lowest BCUT2D eigenvalue weighted by molar-refractivity contribution is -0.385. The average molecular weight is 370 g/mol. The number of hydrazine groups is 1. The van der Waals surface area contributed by atoms with Crippen LogP contribution in [0.15, 0.2) is 48.5 Å². The van der Waals surface area contributed by atoms with Crippen LogP contribution >= 0.6 is 0 Å². The van der Waals surface area contributed by atoms with Crippen LogP contribution in [0.1, 0.15) is 40.5 Å². The first-order chi connectivity index (χ1) is 12.9. The van der Waals surface area contributed by atoms with E-state index >= 15 is 0 Å². The summed E-state index contributed by atoms with van der Waals surface area (Å²) in [6, 6.07) is 11.5. The van der Waals surface area contributed by atoms with Crippen LogP contribution in [0.4, 0.5) is 11.4 Å². The van der Waals surface area contributed by atoms with E-state index in [1.807, 2.05) is 6.92 Å². The Morgan fingerprint density at radius 1 is 0.963 bits per heavy atom. The van der Waals surface area contributed by atoms with E-state index in [-0.39, 0.29) is 22.7 Å². The molecule has 3 amide bonds. The first-order valence-electron chi connectivity index (χ1n) is 8.16. The van der Waals surface area contributed by atoms with Crippen LogP contribution in [0, 0.1) is 10.1 Å². The minimum atomic E-state index is -0.806. The van der Waals surface area contributed by atoms with Gasteiger partial charge in [0.05, 0.1) is 4.92 Å². The normalized spacial score (nSPS) is 9.96. The van der Waals surface area contributed by atoms with Gasteiger partial charge in [-0.2, -0.15) is 0 Å². The maximum absolute atomic E-state index is 12.1. The average Bonchev–Trinajstić information content (AvgIpc) is 2.66. The third-order valence-electron chi connectivity index (χ3n) is 3.54. The molecule has 0 saturated carbocycles. The summed E-state index contributed by atoms with van der Waals surface area (Å²) in [7, 11) is 0. The molecule has 0 heterocycles. The minimum Gasteiger partial charge on any atom is -0.326 e. The molecule has 0 aliphatic heterocycles. The van der Waals surface area contributed by atoms with Gasteiger partial charge in [-0.05, 0) is 36.8 Å². The van der Waals surface area contributed by atoms with Crippen LogP contribution in [0.2, 0.25) is 0 Å². The molecule has 2 rings (SSSR count). The number of hydrogen-bond donors (Lipinski definition) is 3. The second-order valence-corrected chi connectivity index (χ2v) is 5.56. The molecule has 0 aliphatic carbocycles. The Morgan fingerprint density at radius 3 is 2.22 bits per heavy atom. The summed E-state index contributed by atoms with van der Waals surface area (Å²) < 4.78 is 0. The molecule has 0 aliphatic rings. The molecule has 0 unspecified atom stereocenters. The summed E-state index contributed by atoms with van der Waals surface area (Å²) in [6.07, 6.45) is 1.13. The molecule has 0 radical (unpaired) electrons. The van der Waals surface area contributed by atoms with Crippen molar-refractivity contribution in [3.05, 3.63) is 69.8 Å². The standard InChI is InChI=1S/C18H18N4O5/c1-2-5-16(23)19-13-10-8-12(9-11-13)17(24)20-21-18(25)14-6-3-4-7-15(14)22(26)27/h3-4,6-11H,2,5H2,1H3,(H,19,23)(H,20,24)(H,21,25). The van der Waals surface area contributed by atoms with Gasteiger partial charge in [0.1, 0.15) is 5.56 Å². The lowest BCUT2D eigenvalue weighted by atomic mass is 10.1. The van der Waals surface area contributed by atoms with Crippen molar-refractivity contribution in [3.8, 4) is 0 Å². The van der Waals surface area contributed by atoms with E-state index in [1.54, 1.807) is 12.1 Å². The number of nitro groups is 1. The maximum atomic E-state index is 12.1. The van der Waals surface area contributed by atoms with Crippen LogP contribution in [-0.4, -0.2) is 22.6 Å². The van der Waals surface area contributed by atoms with Crippen LogP contribution in [0.25, 0.3) is 0 Å². The molecule has 27 heavy (non-hydrogen) atoms. The predicted octanol–water partition coefficient (Wildman–Crippen LogP) is 2.41. The van der Waals surface area contributed by atoms with Crippen LogP contribution in [-0.2, 0) is 4.79 Å². The third-order valence-corrected chi connectivity index (χ3v) is 3.54. The smallest absolute Gasteiger partial charge is 0.282 e. The molecule has 9 heteroatoms.